The van der Waals surface area contributed by atoms with E-state index in [1.165, 1.54) is 61.1 Å². The van der Waals surface area contributed by atoms with Gasteiger partial charge < -0.3 is 50.6 Å². The van der Waals surface area contributed by atoms with Crippen molar-refractivity contribution >= 4 is 75.7 Å². The van der Waals surface area contributed by atoms with Crippen LogP contribution in [0.25, 0.3) is 0 Å². The molecule has 6 aliphatic heterocycles. The Labute approximate surface area is 570 Å². The molecule has 3 aromatic carbocycles. The van der Waals surface area contributed by atoms with E-state index >= 15 is 0 Å². The van der Waals surface area contributed by atoms with E-state index in [4.69, 9.17) is 107 Å². The van der Waals surface area contributed by atoms with E-state index in [0.29, 0.717) is 39.0 Å². The van der Waals surface area contributed by atoms with Gasteiger partial charge in [-0.2, -0.15) is 15.0 Å². The van der Waals surface area contributed by atoms with Gasteiger partial charge in [-0.25, -0.2) is 36.9 Å². The first-order chi connectivity index (χ1) is 45.5. The van der Waals surface area contributed by atoms with E-state index in [-0.39, 0.29) is 61.5 Å². The SMILES string of the molecule is C.Cc1ccn([C@@H]2O[C@H](CO[P@]3(=O)OCC[C@H](c4cc(Cl)ccc4Cl)O3)[C@@H](O)[C@@H]2O)c(=O)n1.Cc1ccn([C@@H]2O[C@H](CO[P@]3(=O)OCC[C@H](c4cc(Cl)ccc4F)O3)[C@@H](O)[C@@H]2O)c(=O)n1.Nc1ccn([C@@H]2O[C@H](CO[P@]3(=O)OCC[C@H](c4cc(F)ccc4Cl)O3)[C@@H](O)[C@@H]2O)c(=O)n1. The van der Waals surface area contributed by atoms with Gasteiger partial charge in [0.1, 0.15) is 72.4 Å². The number of rotatable bonds is 15. The van der Waals surface area contributed by atoms with Gasteiger partial charge in [-0.3, -0.25) is 54.4 Å². The Kier molecular flexibility index (Phi) is 25.5. The predicted molar refractivity (Wildman–Crippen MR) is 337 cm³/mol. The van der Waals surface area contributed by atoms with Crippen molar-refractivity contribution in [2.75, 3.05) is 45.4 Å². The van der Waals surface area contributed by atoms with E-state index in [9.17, 15) is 67.5 Å². The largest absolute Gasteiger partial charge is 0.475 e. The van der Waals surface area contributed by atoms with Crippen LogP contribution < -0.4 is 22.8 Å². The Morgan fingerprint density at radius 1 is 0.505 bits per heavy atom. The van der Waals surface area contributed by atoms with Crippen molar-refractivity contribution < 1.29 is 108 Å². The molecule has 12 rings (SSSR count). The number of aryl methyl sites for hydroxylation is 2. The van der Waals surface area contributed by atoms with Crippen molar-refractivity contribution in [3.63, 3.8) is 0 Å². The number of anilines is 1. The van der Waals surface area contributed by atoms with Gasteiger partial charge in [0.15, 0.2) is 18.7 Å². The van der Waals surface area contributed by atoms with Crippen LogP contribution in [0, 0.1) is 25.5 Å². The smallest absolute Gasteiger partial charge is 0.387 e. The van der Waals surface area contributed by atoms with Crippen LogP contribution in [0.5, 0.6) is 0 Å². The summed E-state index contributed by atoms with van der Waals surface area (Å²) in [5.74, 6) is -1.13. The topological polar surface area (TPSA) is 414 Å². The fourth-order valence-electron chi connectivity index (χ4n) is 10.4. The molecule has 530 valence electrons. The highest BCUT2D eigenvalue weighted by atomic mass is 35.5. The molecule has 0 saturated carbocycles. The van der Waals surface area contributed by atoms with Gasteiger partial charge in [0.05, 0.1) is 58.0 Å². The van der Waals surface area contributed by atoms with E-state index in [1.807, 2.05) is 0 Å². The van der Waals surface area contributed by atoms with E-state index < -0.39 is 164 Å². The monoisotopic (exact) mass is 1500 g/mol. The number of benzene rings is 3. The van der Waals surface area contributed by atoms with Crippen molar-refractivity contribution in [1.29, 1.82) is 0 Å². The van der Waals surface area contributed by atoms with Gasteiger partial charge in [-0.15, -0.1) is 0 Å². The van der Waals surface area contributed by atoms with Crippen LogP contribution in [0.1, 0.15) is 91.8 Å². The second kappa shape index (κ2) is 32.4. The summed E-state index contributed by atoms with van der Waals surface area (Å²) < 4.78 is 134. The van der Waals surface area contributed by atoms with Crippen LogP contribution >= 0.6 is 69.9 Å². The van der Waals surface area contributed by atoms with Gasteiger partial charge in [0.2, 0.25) is 0 Å². The first-order valence-corrected chi connectivity index (χ1v) is 35.0. The van der Waals surface area contributed by atoms with Crippen molar-refractivity contribution in [3.05, 3.63) is 183 Å². The summed E-state index contributed by atoms with van der Waals surface area (Å²) in [6, 6.07) is 16.9. The Balaban J connectivity index is 0.000000170. The molecule has 18 atom stereocenters. The quantitative estimate of drug-likeness (QED) is 0.0499. The fourth-order valence-corrected chi connectivity index (χ4v) is 15.4. The maximum Gasteiger partial charge on any atom is 0.475 e. The molecule has 0 bridgehead atoms. The highest BCUT2D eigenvalue weighted by Gasteiger charge is 2.50. The number of phosphoric acid groups is 3. The second-order valence-electron chi connectivity index (χ2n) is 22.1. The lowest BCUT2D eigenvalue weighted by molar-refractivity contribution is -0.0611. The molecule has 6 fully saturated rings. The number of hydrogen-bond acceptors (Lipinski definition) is 28. The summed E-state index contributed by atoms with van der Waals surface area (Å²) in [7, 11) is -12.3. The minimum absolute atomic E-state index is 0. The van der Waals surface area contributed by atoms with Crippen molar-refractivity contribution in [2.45, 2.75) is 132 Å². The van der Waals surface area contributed by atoms with Crippen molar-refractivity contribution in [3.8, 4) is 0 Å². The number of nitrogen functional groups attached to an aromatic ring is 1. The molecule has 0 aliphatic carbocycles. The fraction of sp³-hybridized carbons (Fsp3) is 0.474. The molecule has 0 unspecified atom stereocenters. The summed E-state index contributed by atoms with van der Waals surface area (Å²) in [6.07, 6.45) is -13.4. The third-order valence-corrected chi connectivity index (χ3v) is 21.0. The van der Waals surface area contributed by atoms with Gasteiger partial charge in [0, 0.05) is 86.0 Å². The Morgan fingerprint density at radius 3 is 1.26 bits per heavy atom. The van der Waals surface area contributed by atoms with Crippen LogP contribution in [0.15, 0.2) is 106 Å². The average Bonchev–Trinajstić information content (AvgIpc) is 1.78. The van der Waals surface area contributed by atoms with Crippen LogP contribution in [0.4, 0.5) is 14.6 Å². The Bertz CT molecular complexity index is 3710. The maximum absolute atomic E-state index is 14.2. The molecule has 0 amide bonds. The number of hydrogen-bond donors (Lipinski definition) is 7. The molecule has 8 N–H and O–H groups in total. The minimum Gasteiger partial charge on any atom is -0.387 e. The molecule has 0 radical (unpaired) electrons. The molecule has 97 heavy (non-hydrogen) atoms. The zero-order valence-electron chi connectivity index (χ0n) is 50.1. The maximum atomic E-state index is 14.2. The van der Waals surface area contributed by atoms with Gasteiger partial charge in [-0.1, -0.05) is 53.8 Å². The zero-order valence-corrected chi connectivity index (χ0v) is 55.8. The molecule has 9 heterocycles. The first kappa shape index (κ1) is 76.3. The molecular formula is C57H66Cl4F2N7O24P3. The first-order valence-electron chi connectivity index (χ1n) is 29.1. The lowest BCUT2D eigenvalue weighted by Crippen LogP contribution is -2.36. The number of aromatic nitrogens is 6. The van der Waals surface area contributed by atoms with Gasteiger partial charge in [-0.05, 0) is 86.6 Å². The summed E-state index contributed by atoms with van der Waals surface area (Å²) in [5.41, 5.74) is 5.28. The zero-order chi connectivity index (χ0) is 69.1. The summed E-state index contributed by atoms with van der Waals surface area (Å²) in [4.78, 5) is 47.3. The molecular weight excluding hydrogens is 1440 g/mol. The average molecular weight is 1510 g/mol. The van der Waals surface area contributed by atoms with Crippen LogP contribution in [-0.2, 0) is 68.6 Å². The molecule has 40 heteroatoms. The molecule has 3 aromatic heterocycles. The third-order valence-electron chi connectivity index (χ3n) is 15.4. The van der Waals surface area contributed by atoms with Gasteiger partial charge in [0.25, 0.3) is 0 Å². The number of aliphatic hydroxyl groups excluding tert-OH is 6. The standard InChI is InChI=1S/C19H21Cl2N2O8P.C19H21ClFN2O8P.C18H20ClFN3O8P.CH4/c2*1-10-4-6-23(19(26)22-10)18-17(25)16(24)15(30-18)9-29-32(27)28-7-5-14(31-32)12-8-11(20)2-3-13(12)21;19-11-2-1-9(20)7-10(11)12-4-6-28-32(27,31-12)29-8-13-15(24)16(25)17(30-13)23-5-3-14(21)22-18(23)26;/h2*2-4,6,8,14-18,24-25H,5,7,9H2,1H3;1-3,5,7,12-13,15-17,24-25H,4,6,8H2,(H2,21,22,26);1H4/t2*14-,15-,16-,17+,18-,32+;12-,13-,15-,16+,17-,32+;/m111./s1. The van der Waals surface area contributed by atoms with Crippen LogP contribution in [0.3, 0.4) is 0 Å². The lowest BCUT2D eigenvalue weighted by atomic mass is 10.1. The highest BCUT2D eigenvalue weighted by molar-refractivity contribution is 7.49. The van der Waals surface area contributed by atoms with E-state index in [1.54, 1.807) is 44.2 Å². The summed E-state index contributed by atoms with van der Waals surface area (Å²) in [5, 5.41) is 63.3. The minimum atomic E-state index is -4.14. The second-order valence-corrected chi connectivity index (χ2v) is 28.6. The van der Waals surface area contributed by atoms with Crippen LogP contribution in [0.2, 0.25) is 20.1 Å². The van der Waals surface area contributed by atoms with Crippen LogP contribution in [-0.4, -0.2) is 154 Å². The Morgan fingerprint density at radius 2 is 0.856 bits per heavy atom. The van der Waals surface area contributed by atoms with E-state index in [0.717, 1.165) is 13.7 Å². The van der Waals surface area contributed by atoms with Crippen molar-refractivity contribution in [1.82, 2.24) is 28.7 Å². The number of halogens is 6. The molecule has 0 spiro atoms. The van der Waals surface area contributed by atoms with Gasteiger partial charge >= 0.3 is 40.5 Å². The third kappa shape index (κ3) is 18.2. The normalized spacial score (nSPS) is 32.5. The molecule has 6 saturated heterocycles. The van der Waals surface area contributed by atoms with Crippen molar-refractivity contribution in [2.24, 2.45) is 0 Å². The summed E-state index contributed by atoms with van der Waals surface area (Å²) in [6.45, 7) is 1.92. The lowest BCUT2D eigenvalue weighted by Gasteiger charge is -2.30. The highest BCUT2D eigenvalue weighted by Crippen LogP contribution is 2.60. The predicted octanol–water partition coefficient (Wildman–Crippen LogP) is 7.22. The van der Waals surface area contributed by atoms with E-state index in [2.05, 4.69) is 15.0 Å². The molecule has 31 nitrogen and oxygen atoms in total. The molecule has 6 aliphatic rings. The molecule has 6 aromatic rings. The number of nitrogens with zero attached hydrogens (tertiary/aromatic N) is 6. The number of ether oxygens (including phenoxy) is 3. The number of aliphatic hydroxyl groups is 6. The number of nitrogens with two attached hydrogens (primary N) is 1. The Hall–Kier alpha value is -4.91. The number of phosphoric ester groups is 3. The summed E-state index contributed by atoms with van der Waals surface area (Å²) >= 11 is 24.3.